The van der Waals surface area contributed by atoms with Gasteiger partial charge >= 0.3 is 35.3 Å². The molecular formula is C36H28Cl2P2Pt. The summed E-state index contributed by atoms with van der Waals surface area (Å²) in [5, 5.41) is 8.25. The van der Waals surface area contributed by atoms with Crippen LogP contribution in [-0.2, 0) is 16.5 Å². The SMILES string of the molecule is [Cl][Pt][Cl].c1ccc(P(c2ccccc2)c2ccccc2-c2ccccc2P(c2ccccc2)c2ccccc2)cc1. The van der Waals surface area contributed by atoms with Crippen molar-refractivity contribution < 1.29 is 16.5 Å². The van der Waals surface area contributed by atoms with Crippen LogP contribution in [0.2, 0.25) is 0 Å². The quantitative estimate of drug-likeness (QED) is 0.143. The summed E-state index contributed by atoms with van der Waals surface area (Å²) in [6, 6.07) is 62.0. The average molecular weight is 789 g/mol. The molecule has 0 atom stereocenters. The van der Waals surface area contributed by atoms with E-state index in [1.165, 1.54) is 43.0 Å². The second-order valence-electron chi connectivity index (χ2n) is 9.09. The van der Waals surface area contributed by atoms with Crippen LogP contribution in [0.25, 0.3) is 11.1 Å². The van der Waals surface area contributed by atoms with E-state index in [4.69, 9.17) is 18.8 Å². The van der Waals surface area contributed by atoms with Crippen molar-refractivity contribution in [1.29, 1.82) is 0 Å². The third kappa shape index (κ3) is 7.46. The molecule has 0 heterocycles. The molecule has 0 nitrogen and oxygen atoms in total. The third-order valence-electron chi connectivity index (χ3n) is 6.64. The zero-order valence-electron chi connectivity index (χ0n) is 22.1. The fourth-order valence-corrected chi connectivity index (χ4v) is 9.89. The number of hydrogen-bond acceptors (Lipinski definition) is 0. The minimum Gasteiger partial charge on any atom is -0.0622 e. The smallest absolute Gasteiger partial charge is 0.00724 e. The summed E-state index contributed by atoms with van der Waals surface area (Å²) in [5.41, 5.74) is 2.64. The van der Waals surface area contributed by atoms with E-state index in [0.717, 1.165) is 0 Å². The molecule has 0 radical (unpaired) electrons. The first-order chi connectivity index (χ1) is 20.3. The molecule has 0 fully saturated rings. The first-order valence-corrected chi connectivity index (χ1v) is 21.4. The van der Waals surface area contributed by atoms with Gasteiger partial charge in [0.05, 0.1) is 0 Å². The molecule has 0 aromatic heterocycles. The summed E-state index contributed by atoms with van der Waals surface area (Å²) >= 11 is -0.472. The average Bonchev–Trinajstić information content (AvgIpc) is 3.04. The second kappa shape index (κ2) is 15.6. The van der Waals surface area contributed by atoms with Gasteiger partial charge in [0.1, 0.15) is 0 Å². The zero-order chi connectivity index (χ0) is 28.3. The maximum atomic E-state index is 4.88. The van der Waals surface area contributed by atoms with Crippen LogP contribution in [0.5, 0.6) is 0 Å². The van der Waals surface area contributed by atoms with E-state index in [9.17, 15) is 0 Å². The minimum atomic E-state index is -0.723. The van der Waals surface area contributed by atoms with E-state index in [1.54, 1.807) is 0 Å². The molecule has 6 aromatic rings. The van der Waals surface area contributed by atoms with Crippen LogP contribution in [0.1, 0.15) is 0 Å². The Kier molecular flexibility index (Phi) is 11.4. The van der Waals surface area contributed by atoms with E-state index in [-0.39, 0.29) is 0 Å². The van der Waals surface area contributed by atoms with Gasteiger partial charge in [-0.2, -0.15) is 0 Å². The van der Waals surface area contributed by atoms with Crippen molar-refractivity contribution in [3.8, 4) is 11.1 Å². The zero-order valence-corrected chi connectivity index (χ0v) is 27.7. The summed E-state index contributed by atoms with van der Waals surface area (Å²) in [4.78, 5) is 0. The van der Waals surface area contributed by atoms with Crippen molar-refractivity contribution in [2.45, 2.75) is 0 Å². The summed E-state index contributed by atoms with van der Waals surface area (Å²) < 4.78 is 0. The Balaban J connectivity index is 0.00000108. The van der Waals surface area contributed by atoms with Gasteiger partial charge in [-0.25, -0.2) is 0 Å². The number of hydrogen-bond donors (Lipinski definition) is 0. The van der Waals surface area contributed by atoms with Crippen molar-refractivity contribution in [2.75, 3.05) is 0 Å². The molecule has 0 spiro atoms. The molecule has 0 amide bonds. The van der Waals surface area contributed by atoms with Gasteiger partial charge in [0, 0.05) is 0 Å². The maximum absolute atomic E-state index is 4.88. The Morgan fingerprint density at radius 3 is 0.805 bits per heavy atom. The van der Waals surface area contributed by atoms with Crippen molar-refractivity contribution >= 4 is 66.5 Å². The van der Waals surface area contributed by atoms with E-state index in [0.29, 0.717) is 0 Å². The van der Waals surface area contributed by atoms with Gasteiger partial charge < -0.3 is 0 Å². The van der Waals surface area contributed by atoms with Gasteiger partial charge in [0.2, 0.25) is 0 Å². The maximum Gasteiger partial charge on any atom is -0.00724 e. The molecule has 0 aliphatic heterocycles. The molecule has 0 unspecified atom stereocenters. The summed E-state index contributed by atoms with van der Waals surface area (Å²) in [7, 11) is 8.30. The fraction of sp³-hybridized carbons (Fsp3) is 0. The molecule has 0 N–H and O–H groups in total. The molecule has 41 heavy (non-hydrogen) atoms. The Hall–Kier alpha value is -2.55. The molecule has 6 rings (SSSR count). The molecule has 0 saturated carbocycles. The number of rotatable bonds is 7. The van der Waals surface area contributed by atoms with E-state index in [2.05, 4.69) is 170 Å². The van der Waals surface area contributed by atoms with Gasteiger partial charge in [-0.15, -0.1) is 0 Å². The van der Waals surface area contributed by atoms with Crippen LogP contribution in [0.3, 0.4) is 0 Å². The van der Waals surface area contributed by atoms with E-state index in [1.807, 2.05) is 0 Å². The van der Waals surface area contributed by atoms with Gasteiger partial charge in [-0.1, -0.05) is 170 Å². The number of halogens is 2. The minimum absolute atomic E-state index is 0.472. The molecule has 206 valence electrons. The topological polar surface area (TPSA) is 0 Å². The predicted octanol–water partition coefficient (Wildman–Crippen LogP) is 8.25. The molecule has 0 aliphatic carbocycles. The van der Waals surface area contributed by atoms with Crippen LogP contribution < -0.4 is 31.8 Å². The van der Waals surface area contributed by atoms with E-state index < -0.39 is 32.3 Å². The Bertz CT molecular complexity index is 1430. The molecule has 0 bridgehead atoms. The molecule has 0 saturated heterocycles. The standard InChI is InChI=1S/C36H28P2.2ClH.Pt/c1-5-17-29(18-6-1)37(30-19-7-2-8-20-30)35-27-15-13-25-33(35)34-26-14-16-28-36(34)38(31-21-9-3-10-22-31)32-23-11-4-12-24-32;;;/h1-28H;2*1H;/q;;;+2/p-2. The summed E-state index contributed by atoms with van der Waals surface area (Å²) in [6.07, 6.45) is 0. The van der Waals surface area contributed by atoms with Crippen LogP contribution in [0, 0.1) is 0 Å². The van der Waals surface area contributed by atoms with Crippen molar-refractivity contribution in [1.82, 2.24) is 0 Å². The second-order valence-corrected chi connectivity index (χ2v) is 16.7. The monoisotopic (exact) mass is 787 g/mol. The van der Waals surface area contributed by atoms with Gasteiger partial charge in [-0.3, -0.25) is 0 Å². The van der Waals surface area contributed by atoms with Crippen LogP contribution in [0.15, 0.2) is 170 Å². The third-order valence-corrected chi connectivity index (χ3v) is 11.6. The van der Waals surface area contributed by atoms with Crippen LogP contribution >= 0.6 is 34.7 Å². The first kappa shape index (κ1) is 29.9. The summed E-state index contributed by atoms with van der Waals surface area (Å²) in [6.45, 7) is 0. The van der Waals surface area contributed by atoms with Crippen LogP contribution in [-0.4, -0.2) is 0 Å². The van der Waals surface area contributed by atoms with Gasteiger partial charge in [-0.05, 0) is 58.8 Å². The van der Waals surface area contributed by atoms with Crippen LogP contribution in [0.4, 0.5) is 0 Å². The van der Waals surface area contributed by atoms with Gasteiger partial charge in [0.25, 0.3) is 0 Å². The molecular weight excluding hydrogens is 760 g/mol. The van der Waals surface area contributed by atoms with Crippen molar-refractivity contribution in [3.63, 3.8) is 0 Å². The molecule has 6 aromatic carbocycles. The first-order valence-electron chi connectivity index (χ1n) is 13.1. The van der Waals surface area contributed by atoms with Gasteiger partial charge in [0.15, 0.2) is 0 Å². The number of benzene rings is 6. The van der Waals surface area contributed by atoms with E-state index >= 15 is 0 Å². The largest absolute Gasteiger partial charge is 0.0622 e. The Morgan fingerprint density at radius 1 is 0.317 bits per heavy atom. The molecule has 0 aliphatic rings. The van der Waals surface area contributed by atoms with Crippen molar-refractivity contribution in [2.24, 2.45) is 0 Å². The Morgan fingerprint density at radius 2 is 0.537 bits per heavy atom. The van der Waals surface area contributed by atoms with Crippen molar-refractivity contribution in [3.05, 3.63) is 170 Å². The summed E-state index contributed by atoms with van der Waals surface area (Å²) in [5.74, 6) is 0. The predicted molar refractivity (Wildman–Crippen MR) is 181 cm³/mol. The Labute approximate surface area is 262 Å². The fourth-order valence-electron chi connectivity index (χ4n) is 4.96. The molecule has 5 heteroatoms. The normalized spacial score (nSPS) is 10.8.